The standard InChI is InChI=1S/C24H34N7O3S/c1-25-35(33,34)13-12-29-16-20-21(17-29)27-24(19-7-3-2-4-8-19)28-23(20)22-9-11-30(31(22)32)15-18-6-5-10-26-14-18/h2-4,7-8,18,22,25-26H,5-6,9-17H2,1H3/q+1. The SMILES string of the molecule is CNS(=O)(=O)CCN1Cc2nc(-c3ccccc3)nc(C3CCN(CC4CCCNC4)[N+]3=O)c2C1. The lowest BCUT2D eigenvalue weighted by Crippen LogP contribution is -2.39. The number of piperidine rings is 1. The third-order valence-electron chi connectivity index (χ3n) is 7.29. The van der Waals surface area contributed by atoms with Crippen molar-refractivity contribution >= 4 is 10.0 Å². The van der Waals surface area contributed by atoms with Crippen LogP contribution >= 0.6 is 0 Å². The Morgan fingerprint density at radius 3 is 2.74 bits per heavy atom. The maximum atomic E-state index is 13.5. The topological polar surface area (TPSA) is 111 Å². The molecule has 2 fully saturated rings. The molecule has 2 N–H and O–H groups in total. The van der Waals surface area contributed by atoms with Crippen molar-refractivity contribution in [1.29, 1.82) is 0 Å². The minimum Gasteiger partial charge on any atom is -0.316 e. The van der Waals surface area contributed by atoms with E-state index in [2.05, 4.69) is 14.9 Å². The van der Waals surface area contributed by atoms with Gasteiger partial charge >= 0.3 is 0 Å². The van der Waals surface area contributed by atoms with E-state index in [0.717, 1.165) is 66.3 Å². The fraction of sp³-hybridized carbons (Fsp3) is 0.583. The van der Waals surface area contributed by atoms with Gasteiger partial charge in [-0.25, -0.2) is 23.1 Å². The van der Waals surface area contributed by atoms with E-state index in [1.165, 1.54) is 7.05 Å². The maximum absolute atomic E-state index is 13.5. The Hall–Kier alpha value is -2.47. The normalized spacial score (nSPS) is 23.1. The molecule has 3 aliphatic heterocycles. The van der Waals surface area contributed by atoms with Crippen molar-refractivity contribution in [2.24, 2.45) is 5.92 Å². The van der Waals surface area contributed by atoms with Crippen LogP contribution in [0, 0.1) is 10.8 Å². The maximum Gasteiger partial charge on any atom is 0.278 e. The van der Waals surface area contributed by atoms with Crippen LogP contribution in [0.4, 0.5) is 0 Å². The first kappa shape index (κ1) is 24.2. The van der Waals surface area contributed by atoms with Crippen molar-refractivity contribution in [2.45, 2.75) is 38.4 Å². The van der Waals surface area contributed by atoms with Crippen LogP contribution in [0.3, 0.4) is 0 Å². The second kappa shape index (κ2) is 10.3. The number of benzene rings is 1. The Labute approximate surface area is 206 Å². The minimum atomic E-state index is -3.30. The Morgan fingerprint density at radius 2 is 2.00 bits per heavy atom. The molecule has 10 nitrogen and oxygen atoms in total. The lowest BCUT2D eigenvalue weighted by atomic mass is 10.00. The zero-order valence-electron chi connectivity index (χ0n) is 20.2. The Kier molecular flexibility index (Phi) is 7.10. The van der Waals surface area contributed by atoms with Gasteiger partial charge in [0.25, 0.3) is 6.04 Å². The molecule has 11 heteroatoms. The fourth-order valence-electron chi connectivity index (χ4n) is 5.31. The van der Waals surface area contributed by atoms with Gasteiger partial charge in [-0.1, -0.05) is 30.3 Å². The first-order chi connectivity index (χ1) is 16.9. The molecular weight excluding hydrogens is 466 g/mol. The number of nitrogens with one attached hydrogen (secondary N) is 2. The van der Waals surface area contributed by atoms with Gasteiger partial charge in [0.2, 0.25) is 10.0 Å². The molecule has 2 atom stereocenters. The van der Waals surface area contributed by atoms with E-state index in [9.17, 15) is 13.3 Å². The van der Waals surface area contributed by atoms with E-state index >= 15 is 0 Å². The molecule has 1 aromatic heterocycles. The molecule has 5 rings (SSSR count). The van der Waals surface area contributed by atoms with Crippen molar-refractivity contribution in [2.75, 3.05) is 45.5 Å². The van der Waals surface area contributed by atoms with Gasteiger partial charge in [-0.15, -0.1) is 5.01 Å². The molecule has 0 bridgehead atoms. The predicted molar refractivity (Wildman–Crippen MR) is 133 cm³/mol. The third-order valence-corrected chi connectivity index (χ3v) is 8.63. The van der Waals surface area contributed by atoms with E-state index in [1.54, 1.807) is 0 Å². The second-order valence-corrected chi connectivity index (χ2v) is 11.7. The summed E-state index contributed by atoms with van der Waals surface area (Å²) in [4.78, 5) is 26.5. The van der Waals surface area contributed by atoms with E-state index in [0.29, 0.717) is 37.9 Å². The lowest BCUT2D eigenvalue weighted by molar-refractivity contribution is -0.718. The van der Waals surface area contributed by atoms with Crippen molar-refractivity contribution in [3.63, 3.8) is 0 Å². The number of hydrogen-bond donors (Lipinski definition) is 2. The van der Waals surface area contributed by atoms with Crippen LogP contribution in [-0.2, 0) is 23.1 Å². The summed E-state index contributed by atoms with van der Waals surface area (Å²) in [6.07, 6.45) is 3.02. The van der Waals surface area contributed by atoms with Crippen LogP contribution in [0.2, 0.25) is 0 Å². The summed E-state index contributed by atoms with van der Waals surface area (Å²) >= 11 is 0. The first-order valence-electron chi connectivity index (χ1n) is 12.4. The largest absolute Gasteiger partial charge is 0.316 e. The predicted octanol–water partition coefficient (Wildman–Crippen LogP) is 1.45. The van der Waals surface area contributed by atoms with Gasteiger partial charge in [0.1, 0.15) is 10.6 Å². The van der Waals surface area contributed by atoms with Crippen LogP contribution in [0.1, 0.15) is 42.3 Å². The molecular formula is C24H34N7O3S+. The number of hydrogen-bond acceptors (Lipinski definition) is 7. The van der Waals surface area contributed by atoms with Crippen LogP contribution < -0.4 is 10.0 Å². The van der Waals surface area contributed by atoms with Gasteiger partial charge < -0.3 is 5.32 Å². The highest BCUT2D eigenvalue weighted by Crippen LogP contribution is 2.35. The molecule has 188 valence electrons. The molecule has 35 heavy (non-hydrogen) atoms. The van der Waals surface area contributed by atoms with E-state index < -0.39 is 10.0 Å². The molecule has 3 aliphatic rings. The van der Waals surface area contributed by atoms with Gasteiger partial charge in [0.15, 0.2) is 5.82 Å². The summed E-state index contributed by atoms with van der Waals surface area (Å²) in [5.74, 6) is 1.12. The summed E-state index contributed by atoms with van der Waals surface area (Å²) < 4.78 is 26.3. The van der Waals surface area contributed by atoms with Crippen molar-refractivity contribution in [1.82, 2.24) is 29.9 Å². The van der Waals surface area contributed by atoms with Gasteiger partial charge in [-0.3, -0.25) is 4.90 Å². The molecule has 0 amide bonds. The quantitative estimate of drug-likeness (QED) is 0.524. The molecule has 2 unspecified atom stereocenters. The van der Waals surface area contributed by atoms with Crippen LogP contribution in [0.15, 0.2) is 30.3 Å². The highest BCUT2D eigenvalue weighted by molar-refractivity contribution is 7.89. The van der Waals surface area contributed by atoms with Crippen molar-refractivity contribution < 1.29 is 13.3 Å². The first-order valence-corrected chi connectivity index (χ1v) is 14.1. The number of fused-ring (bicyclic) bond motifs is 1. The summed E-state index contributed by atoms with van der Waals surface area (Å²) in [5, 5.41) is 5.37. The molecule has 0 spiro atoms. The summed E-state index contributed by atoms with van der Waals surface area (Å²) in [6.45, 7) is 4.99. The van der Waals surface area contributed by atoms with E-state index in [4.69, 9.17) is 9.97 Å². The number of aromatic nitrogens is 2. The van der Waals surface area contributed by atoms with E-state index in [-0.39, 0.29) is 11.8 Å². The minimum absolute atomic E-state index is 0.0199. The molecule has 2 saturated heterocycles. The number of nitrogens with zero attached hydrogens (tertiary/aromatic N) is 5. The summed E-state index contributed by atoms with van der Waals surface area (Å²) in [6, 6.07) is 9.46. The van der Waals surface area contributed by atoms with E-state index in [1.807, 2.05) is 35.3 Å². The zero-order chi connectivity index (χ0) is 24.4. The second-order valence-electron chi connectivity index (χ2n) is 9.69. The third kappa shape index (κ3) is 5.37. The van der Waals surface area contributed by atoms with Crippen LogP contribution in [-0.4, -0.2) is 78.7 Å². The van der Waals surface area contributed by atoms with Crippen molar-refractivity contribution in [3.8, 4) is 11.4 Å². The summed E-state index contributed by atoms with van der Waals surface area (Å²) in [5.41, 5.74) is 3.55. The Morgan fingerprint density at radius 1 is 1.17 bits per heavy atom. The fourth-order valence-corrected chi connectivity index (χ4v) is 6.02. The smallest absolute Gasteiger partial charge is 0.278 e. The average Bonchev–Trinajstić information content (AvgIpc) is 3.46. The molecule has 0 radical (unpaired) electrons. The molecule has 4 heterocycles. The van der Waals surface area contributed by atoms with Crippen LogP contribution in [0.25, 0.3) is 11.4 Å². The number of rotatable bonds is 8. The van der Waals surface area contributed by atoms with Gasteiger partial charge in [0.05, 0.1) is 29.4 Å². The number of hydrazine groups is 1. The number of nitroso groups, excluding NO2 is 1. The van der Waals surface area contributed by atoms with Crippen molar-refractivity contribution in [3.05, 3.63) is 52.2 Å². The average molecular weight is 501 g/mol. The Balaban J connectivity index is 1.41. The molecule has 0 aliphatic carbocycles. The molecule has 1 aromatic carbocycles. The molecule has 0 saturated carbocycles. The highest BCUT2D eigenvalue weighted by atomic mass is 32.2. The van der Waals surface area contributed by atoms with Crippen LogP contribution in [0.5, 0.6) is 0 Å². The zero-order valence-corrected chi connectivity index (χ0v) is 21.0. The highest BCUT2D eigenvalue weighted by Gasteiger charge is 2.45. The number of sulfonamides is 1. The van der Waals surface area contributed by atoms with Gasteiger partial charge in [-0.05, 0) is 38.9 Å². The summed E-state index contributed by atoms with van der Waals surface area (Å²) in [7, 11) is -1.87. The lowest BCUT2D eigenvalue weighted by Gasteiger charge is -2.24. The van der Waals surface area contributed by atoms with Gasteiger partial charge in [0, 0.05) is 37.2 Å². The molecule has 2 aromatic rings. The Bertz CT molecular complexity index is 1170. The monoisotopic (exact) mass is 500 g/mol. The van der Waals surface area contributed by atoms with Gasteiger partial charge in [-0.2, -0.15) is 0 Å².